The van der Waals surface area contributed by atoms with Gasteiger partial charge < -0.3 is 9.30 Å². The Morgan fingerprint density at radius 2 is 1.90 bits per heavy atom. The lowest BCUT2D eigenvalue weighted by atomic mass is 9.99. The number of pyridine rings is 1. The minimum atomic E-state index is -0.494. The molecule has 0 spiro atoms. The first-order valence-electron chi connectivity index (χ1n) is 10.2. The normalized spacial score (nSPS) is 23.8. The Morgan fingerprint density at radius 1 is 1.24 bits per heavy atom. The molecule has 0 amide bonds. The molecule has 1 aromatic heterocycles. The molecule has 156 valence electrons. The molecule has 29 heavy (non-hydrogen) atoms. The van der Waals surface area contributed by atoms with Crippen molar-refractivity contribution in [3.05, 3.63) is 58.9 Å². The number of carbonyl (C=O) groups is 1. The molecule has 5 nitrogen and oxygen atoms in total. The number of esters is 1. The Balaban J connectivity index is 0.00000240. The average molecular weight is 417 g/mol. The third-order valence-corrected chi connectivity index (χ3v) is 6.14. The quantitative estimate of drug-likeness (QED) is 0.537. The van der Waals surface area contributed by atoms with Crippen LogP contribution in [0, 0.1) is 0 Å². The van der Waals surface area contributed by atoms with Crippen LogP contribution in [0.1, 0.15) is 55.9 Å². The Labute approximate surface area is 177 Å². The Hall–Kier alpha value is -2.11. The monoisotopic (exact) mass is 416 g/mol. The first-order chi connectivity index (χ1) is 13.5. The molecule has 0 saturated carbocycles. The zero-order valence-corrected chi connectivity index (χ0v) is 17.9. The lowest BCUT2D eigenvalue weighted by molar-refractivity contribution is -0.00363. The van der Waals surface area contributed by atoms with Crippen molar-refractivity contribution in [2.45, 2.75) is 63.8 Å². The van der Waals surface area contributed by atoms with E-state index in [0.29, 0.717) is 12.1 Å². The number of aromatic nitrogens is 1. The van der Waals surface area contributed by atoms with Crippen LogP contribution in [-0.2, 0) is 4.74 Å². The topological polar surface area (TPSA) is 51.5 Å². The highest BCUT2D eigenvalue weighted by molar-refractivity contribution is 5.94. The van der Waals surface area contributed by atoms with Gasteiger partial charge in [-0.3, -0.25) is 9.69 Å². The van der Waals surface area contributed by atoms with E-state index in [-0.39, 0.29) is 35.7 Å². The van der Waals surface area contributed by atoms with Crippen LogP contribution in [0.25, 0.3) is 10.9 Å². The Bertz CT molecular complexity index is 954. The average Bonchev–Trinajstić information content (AvgIpc) is 2.90. The van der Waals surface area contributed by atoms with Gasteiger partial charge in [0, 0.05) is 37.5 Å². The van der Waals surface area contributed by atoms with Gasteiger partial charge >= 0.3 is 5.97 Å². The van der Waals surface area contributed by atoms with Crippen LogP contribution in [0.15, 0.2) is 47.8 Å². The van der Waals surface area contributed by atoms with E-state index >= 15 is 0 Å². The number of ether oxygens (including phenoxy) is 1. The second-order valence-electron chi connectivity index (χ2n) is 8.25. The molecule has 2 bridgehead atoms. The summed E-state index contributed by atoms with van der Waals surface area (Å²) in [5.41, 5.74) is 0.703. The molecule has 2 fully saturated rings. The van der Waals surface area contributed by atoms with Gasteiger partial charge in [0.15, 0.2) is 0 Å². The minimum absolute atomic E-state index is 0. The van der Waals surface area contributed by atoms with Crippen LogP contribution in [0.5, 0.6) is 0 Å². The molecule has 2 aliphatic heterocycles. The van der Waals surface area contributed by atoms with Gasteiger partial charge in [0.25, 0.3) is 5.56 Å². The number of hydrogen-bond acceptors (Lipinski definition) is 4. The summed E-state index contributed by atoms with van der Waals surface area (Å²) in [7, 11) is 0. The minimum Gasteiger partial charge on any atom is -0.459 e. The maximum atomic E-state index is 13.0. The molecule has 4 rings (SSSR count). The van der Waals surface area contributed by atoms with Crippen molar-refractivity contribution in [2.75, 3.05) is 6.54 Å². The summed E-state index contributed by atoms with van der Waals surface area (Å²) in [6.07, 6.45) is 5.78. The van der Waals surface area contributed by atoms with Crippen LogP contribution < -0.4 is 5.56 Å². The van der Waals surface area contributed by atoms with E-state index in [1.54, 1.807) is 10.6 Å². The fraction of sp³-hybridized carbons (Fsp3) is 0.478. The molecule has 3 heterocycles. The van der Waals surface area contributed by atoms with Crippen molar-refractivity contribution < 1.29 is 9.53 Å². The van der Waals surface area contributed by atoms with Gasteiger partial charge in [-0.05, 0) is 44.2 Å². The maximum absolute atomic E-state index is 13.0. The van der Waals surface area contributed by atoms with Crippen LogP contribution in [0.3, 0.4) is 0 Å². The molecular weight excluding hydrogens is 388 g/mol. The molecule has 3 atom stereocenters. The number of hydrogen-bond donors (Lipinski definition) is 0. The highest BCUT2D eigenvalue weighted by Gasteiger charge is 2.41. The molecule has 2 saturated heterocycles. The van der Waals surface area contributed by atoms with Crippen molar-refractivity contribution in [3.8, 4) is 0 Å². The van der Waals surface area contributed by atoms with Gasteiger partial charge in [-0.2, -0.15) is 0 Å². The number of carbonyl (C=O) groups excluding carboxylic acids is 1. The van der Waals surface area contributed by atoms with E-state index < -0.39 is 5.97 Å². The van der Waals surface area contributed by atoms with E-state index in [4.69, 9.17) is 4.74 Å². The zero-order chi connectivity index (χ0) is 19.8. The fourth-order valence-electron chi connectivity index (χ4n) is 4.93. The third kappa shape index (κ3) is 3.99. The largest absolute Gasteiger partial charge is 0.459 e. The van der Waals surface area contributed by atoms with Crippen LogP contribution in [0.2, 0.25) is 0 Å². The molecule has 6 heteroatoms. The number of halogens is 1. The maximum Gasteiger partial charge on any atom is 0.344 e. The molecular formula is C23H29ClN2O3. The summed E-state index contributed by atoms with van der Waals surface area (Å²) in [5, 5.41) is 0.878. The molecule has 2 aromatic rings. The van der Waals surface area contributed by atoms with Gasteiger partial charge in [0.1, 0.15) is 11.7 Å². The molecule has 0 radical (unpaired) electrons. The van der Waals surface area contributed by atoms with E-state index in [0.717, 1.165) is 43.1 Å². The van der Waals surface area contributed by atoms with E-state index in [1.165, 1.54) is 0 Å². The highest BCUT2D eigenvalue weighted by atomic mass is 35.5. The first kappa shape index (κ1) is 21.6. The number of para-hydroxylation sites is 1. The summed E-state index contributed by atoms with van der Waals surface area (Å²) in [6.45, 7) is 8.65. The van der Waals surface area contributed by atoms with Gasteiger partial charge in [0.05, 0.1) is 5.52 Å². The third-order valence-electron chi connectivity index (χ3n) is 6.14. The second-order valence-corrected chi connectivity index (χ2v) is 8.25. The Morgan fingerprint density at radius 3 is 2.52 bits per heavy atom. The number of piperidine rings is 1. The number of rotatable bonds is 5. The smallest absolute Gasteiger partial charge is 0.344 e. The zero-order valence-electron chi connectivity index (χ0n) is 17.0. The van der Waals surface area contributed by atoms with Crippen LogP contribution in [0.4, 0.5) is 0 Å². The van der Waals surface area contributed by atoms with Gasteiger partial charge in [-0.1, -0.05) is 24.3 Å². The summed E-state index contributed by atoms with van der Waals surface area (Å²) >= 11 is 0. The van der Waals surface area contributed by atoms with Crippen LogP contribution in [-0.4, -0.2) is 40.2 Å². The van der Waals surface area contributed by atoms with Gasteiger partial charge in [-0.25, -0.2) is 4.79 Å². The van der Waals surface area contributed by atoms with E-state index in [9.17, 15) is 9.59 Å². The van der Waals surface area contributed by atoms with Gasteiger partial charge in [-0.15, -0.1) is 19.0 Å². The van der Waals surface area contributed by atoms with Gasteiger partial charge in [0.2, 0.25) is 0 Å². The van der Waals surface area contributed by atoms with Crippen molar-refractivity contribution in [2.24, 2.45) is 0 Å². The van der Waals surface area contributed by atoms with E-state index in [1.807, 2.05) is 44.2 Å². The molecule has 0 N–H and O–H groups in total. The summed E-state index contributed by atoms with van der Waals surface area (Å²) in [5.74, 6) is -0.494. The molecule has 0 aliphatic carbocycles. The fourth-order valence-corrected chi connectivity index (χ4v) is 4.93. The van der Waals surface area contributed by atoms with Crippen molar-refractivity contribution in [1.82, 2.24) is 9.47 Å². The summed E-state index contributed by atoms with van der Waals surface area (Å²) in [6, 6.07) is 10.2. The van der Waals surface area contributed by atoms with Crippen molar-refractivity contribution in [3.63, 3.8) is 0 Å². The van der Waals surface area contributed by atoms with Crippen LogP contribution >= 0.6 is 12.4 Å². The second kappa shape index (κ2) is 8.72. The SMILES string of the molecule is C=CCN1[C@@H]2CC[C@H]1CC(OC(=O)c1cc3ccccc3n(C(C)C)c1=O)C2.Cl. The summed E-state index contributed by atoms with van der Waals surface area (Å²) < 4.78 is 7.53. The first-order valence-corrected chi connectivity index (χ1v) is 10.2. The van der Waals surface area contributed by atoms with E-state index in [2.05, 4.69) is 11.5 Å². The highest BCUT2D eigenvalue weighted by Crippen LogP contribution is 2.36. The molecule has 1 aromatic carbocycles. The Kier molecular flexibility index (Phi) is 6.49. The predicted octanol–water partition coefficient (Wildman–Crippen LogP) is 4.34. The standard InChI is InChI=1S/C23H28N2O3.ClH/c1-4-11-24-17-9-10-18(24)14-19(13-17)28-23(27)20-12-16-7-5-6-8-21(16)25(15(2)3)22(20)26;/h4-8,12,15,17-19H,1,9-11,13-14H2,2-3H3;1H/t17-,18+,19?;. The predicted molar refractivity (Wildman–Crippen MR) is 118 cm³/mol. The lowest BCUT2D eigenvalue weighted by Gasteiger charge is -2.37. The molecule has 1 unspecified atom stereocenters. The molecule has 2 aliphatic rings. The number of benzene rings is 1. The number of nitrogens with zero attached hydrogens (tertiary/aromatic N) is 2. The van der Waals surface area contributed by atoms with Crippen molar-refractivity contribution >= 4 is 29.3 Å². The lowest BCUT2D eigenvalue weighted by Crippen LogP contribution is -2.46. The summed E-state index contributed by atoms with van der Waals surface area (Å²) in [4.78, 5) is 28.4. The van der Waals surface area contributed by atoms with Crippen molar-refractivity contribution in [1.29, 1.82) is 0 Å². The number of fused-ring (bicyclic) bond motifs is 3.